The smallest absolute Gasteiger partial charge is 0.315 e. The van der Waals surface area contributed by atoms with Crippen molar-refractivity contribution >= 4 is 22.9 Å². The highest BCUT2D eigenvalue weighted by molar-refractivity contribution is 5.85. The predicted octanol–water partition coefficient (Wildman–Crippen LogP) is 3.31. The van der Waals surface area contributed by atoms with Crippen LogP contribution in [0.15, 0.2) is 6.07 Å². The zero-order valence-corrected chi connectivity index (χ0v) is 18.7. The number of amides is 2. The van der Waals surface area contributed by atoms with Gasteiger partial charge in [-0.05, 0) is 38.2 Å². The van der Waals surface area contributed by atoms with Gasteiger partial charge in [0.15, 0.2) is 5.82 Å². The van der Waals surface area contributed by atoms with E-state index < -0.39 is 0 Å². The maximum absolute atomic E-state index is 12.0. The Labute approximate surface area is 184 Å². The van der Waals surface area contributed by atoms with Crippen LogP contribution in [0.25, 0.3) is 11.0 Å². The molecule has 2 heterocycles. The van der Waals surface area contributed by atoms with Crippen molar-refractivity contribution in [2.45, 2.75) is 77.3 Å². The molecule has 2 aliphatic rings. The fraction of sp³-hybridized carbons (Fsp3) is 0.696. The molecule has 2 fully saturated rings. The molecule has 0 aliphatic heterocycles. The van der Waals surface area contributed by atoms with Gasteiger partial charge >= 0.3 is 6.03 Å². The van der Waals surface area contributed by atoms with Crippen molar-refractivity contribution in [2.75, 3.05) is 25.5 Å². The number of aromatic nitrogens is 3. The molecule has 0 aromatic carbocycles. The minimum absolute atomic E-state index is 0.0862. The van der Waals surface area contributed by atoms with E-state index in [1.807, 2.05) is 6.92 Å². The molecular weight excluding hydrogens is 392 g/mol. The summed E-state index contributed by atoms with van der Waals surface area (Å²) in [6, 6.07) is 2.29. The van der Waals surface area contributed by atoms with Crippen molar-refractivity contribution in [1.29, 1.82) is 0 Å². The lowest BCUT2D eigenvalue weighted by Crippen LogP contribution is -2.43. The van der Waals surface area contributed by atoms with Crippen LogP contribution in [0.2, 0.25) is 0 Å². The van der Waals surface area contributed by atoms with Gasteiger partial charge in [0.1, 0.15) is 11.3 Å². The van der Waals surface area contributed by atoms with Crippen LogP contribution < -0.4 is 16.4 Å². The van der Waals surface area contributed by atoms with Crippen LogP contribution in [0.1, 0.15) is 62.9 Å². The number of nitrogens with one attached hydrogen (secondary N) is 2. The highest BCUT2D eigenvalue weighted by Crippen LogP contribution is 2.34. The number of carbonyl (C=O) groups is 1. The van der Waals surface area contributed by atoms with Gasteiger partial charge in [0.2, 0.25) is 0 Å². The lowest BCUT2D eigenvalue weighted by atomic mass is 9.96. The minimum atomic E-state index is -0.0862. The summed E-state index contributed by atoms with van der Waals surface area (Å²) in [5, 5.41) is 5.96. The van der Waals surface area contributed by atoms with Crippen LogP contribution in [-0.4, -0.2) is 46.4 Å². The first-order valence-corrected chi connectivity index (χ1v) is 11.8. The summed E-state index contributed by atoms with van der Waals surface area (Å²) in [7, 11) is 0. The molecule has 8 nitrogen and oxygen atoms in total. The van der Waals surface area contributed by atoms with Gasteiger partial charge in [-0.1, -0.05) is 32.1 Å². The monoisotopic (exact) mass is 428 g/mol. The quantitative estimate of drug-likeness (QED) is 0.503. The predicted molar refractivity (Wildman–Crippen MR) is 122 cm³/mol. The van der Waals surface area contributed by atoms with Gasteiger partial charge in [-0.3, -0.25) is 0 Å². The third-order valence-electron chi connectivity index (χ3n) is 6.38. The van der Waals surface area contributed by atoms with Crippen molar-refractivity contribution in [3.63, 3.8) is 0 Å². The number of ether oxygens (including phenoxy) is 1. The Balaban J connectivity index is 1.25. The number of anilines is 1. The zero-order chi connectivity index (χ0) is 21.6. The number of imidazole rings is 1. The summed E-state index contributed by atoms with van der Waals surface area (Å²) in [5.74, 6) is 2.41. The first-order chi connectivity index (χ1) is 15.1. The largest absolute Gasteiger partial charge is 0.382 e. The molecular formula is C23H36N6O2. The molecule has 0 saturated heterocycles. The molecule has 0 spiro atoms. The molecule has 2 amide bonds. The third-order valence-corrected chi connectivity index (χ3v) is 6.38. The highest BCUT2D eigenvalue weighted by Gasteiger charge is 2.23. The Morgan fingerprint density at radius 1 is 1.19 bits per heavy atom. The summed E-state index contributed by atoms with van der Waals surface area (Å²) >= 11 is 0. The average molecular weight is 429 g/mol. The summed E-state index contributed by atoms with van der Waals surface area (Å²) < 4.78 is 8.04. The lowest BCUT2D eigenvalue weighted by molar-refractivity contribution is 0.128. The van der Waals surface area contributed by atoms with Crippen LogP contribution in [0.3, 0.4) is 0 Å². The number of nitrogens with zero attached hydrogens (tertiary/aromatic N) is 3. The molecule has 2 aromatic rings. The van der Waals surface area contributed by atoms with Gasteiger partial charge in [-0.25, -0.2) is 14.8 Å². The van der Waals surface area contributed by atoms with Crippen molar-refractivity contribution in [2.24, 2.45) is 5.92 Å². The van der Waals surface area contributed by atoms with E-state index in [1.54, 1.807) is 0 Å². The van der Waals surface area contributed by atoms with Crippen molar-refractivity contribution in [3.8, 4) is 0 Å². The Morgan fingerprint density at radius 2 is 2.00 bits per heavy atom. The maximum Gasteiger partial charge on any atom is 0.315 e. The van der Waals surface area contributed by atoms with Crippen molar-refractivity contribution < 1.29 is 9.53 Å². The van der Waals surface area contributed by atoms with E-state index >= 15 is 0 Å². The summed E-state index contributed by atoms with van der Waals surface area (Å²) in [4.78, 5) is 21.2. The van der Waals surface area contributed by atoms with Crippen LogP contribution in [-0.2, 0) is 17.7 Å². The molecule has 0 bridgehead atoms. The second-order valence-electron chi connectivity index (χ2n) is 9.03. The van der Waals surface area contributed by atoms with E-state index in [9.17, 15) is 4.79 Å². The van der Waals surface area contributed by atoms with Crippen LogP contribution in [0.5, 0.6) is 0 Å². The minimum Gasteiger partial charge on any atom is -0.382 e. The van der Waals surface area contributed by atoms with Crippen molar-refractivity contribution in [3.05, 3.63) is 17.6 Å². The van der Waals surface area contributed by atoms with E-state index in [1.165, 1.54) is 38.5 Å². The number of fused-ring (bicyclic) bond motifs is 1. The molecule has 0 atom stereocenters. The van der Waals surface area contributed by atoms with Crippen LogP contribution in [0.4, 0.5) is 10.6 Å². The Hall–Kier alpha value is -2.35. The maximum atomic E-state index is 12.0. The fourth-order valence-electron chi connectivity index (χ4n) is 4.48. The number of hydrogen-bond donors (Lipinski definition) is 3. The Kier molecular flexibility index (Phi) is 7.27. The fourth-order valence-corrected chi connectivity index (χ4v) is 4.48. The second-order valence-corrected chi connectivity index (χ2v) is 9.03. The topological polar surface area (TPSA) is 107 Å². The molecule has 2 aliphatic carbocycles. The highest BCUT2D eigenvalue weighted by atomic mass is 16.5. The average Bonchev–Trinajstić information content (AvgIpc) is 3.51. The number of hydrogen-bond acceptors (Lipinski definition) is 5. The molecule has 4 N–H and O–H groups in total. The second kappa shape index (κ2) is 10.3. The van der Waals surface area contributed by atoms with E-state index in [-0.39, 0.29) is 6.03 Å². The first-order valence-electron chi connectivity index (χ1n) is 11.8. The number of nitrogens with two attached hydrogens (primary N) is 1. The SMILES string of the molecule is Cc1cc2c(nc(CCC3CC3)n2CCOCCNC(=O)NC2CCCCC2)c(N)n1. The molecule has 4 rings (SSSR count). The Morgan fingerprint density at radius 3 is 2.77 bits per heavy atom. The van der Waals surface area contributed by atoms with Gasteiger partial charge in [0, 0.05) is 31.2 Å². The number of pyridine rings is 1. The Bertz CT molecular complexity index is 886. The number of aryl methyl sites for hydroxylation is 2. The third kappa shape index (κ3) is 6.09. The summed E-state index contributed by atoms with van der Waals surface area (Å²) in [6.45, 7) is 4.24. The number of nitrogen functional groups attached to an aromatic ring is 1. The van der Waals surface area contributed by atoms with Gasteiger partial charge in [-0.2, -0.15) is 0 Å². The lowest BCUT2D eigenvalue weighted by Gasteiger charge is -2.22. The van der Waals surface area contributed by atoms with Gasteiger partial charge in [0.05, 0.1) is 18.7 Å². The van der Waals surface area contributed by atoms with Gasteiger partial charge in [0.25, 0.3) is 0 Å². The molecule has 8 heteroatoms. The molecule has 170 valence electrons. The van der Waals surface area contributed by atoms with Crippen molar-refractivity contribution in [1.82, 2.24) is 25.2 Å². The number of urea groups is 1. The molecule has 0 radical (unpaired) electrons. The molecule has 31 heavy (non-hydrogen) atoms. The standard InChI is InChI=1S/C23H36N6O2/c1-16-15-19-21(22(24)26-16)28-20(10-9-17-7-8-17)29(19)12-14-31-13-11-25-23(30)27-18-5-3-2-4-6-18/h15,17-18H,2-14H2,1H3,(H2,24,26)(H2,25,27,30). The van der Waals surface area contributed by atoms with Gasteiger partial charge in [-0.15, -0.1) is 0 Å². The zero-order valence-electron chi connectivity index (χ0n) is 18.7. The normalized spacial score (nSPS) is 17.2. The summed E-state index contributed by atoms with van der Waals surface area (Å²) in [5.41, 5.74) is 8.85. The molecule has 2 aromatic heterocycles. The van der Waals surface area contributed by atoms with E-state index in [0.717, 1.165) is 47.7 Å². The van der Waals surface area contributed by atoms with Gasteiger partial charge < -0.3 is 25.7 Å². The summed E-state index contributed by atoms with van der Waals surface area (Å²) in [6.07, 6.45) is 10.7. The molecule has 0 unspecified atom stereocenters. The van der Waals surface area contributed by atoms with E-state index in [2.05, 4.69) is 26.3 Å². The van der Waals surface area contributed by atoms with Crippen LogP contribution >= 0.6 is 0 Å². The molecule has 2 saturated carbocycles. The first kappa shape index (κ1) is 21.9. The van der Waals surface area contributed by atoms with Crippen LogP contribution in [0, 0.1) is 12.8 Å². The van der Waals surface area contributed by atoms with E-state index in [0.29, 0.717) is 38.2 Å². The number of rotatable bonds is 10. The number of carbonyl (C=O) groups excluding carboxylic acids is 1. The van der Waals surface area contributed by atoms with E-state index in [4.69, 9.17) is 15.5 Å².